The van der Waals surface area contributed by atoms with E-state index in [4.69, 9.17) is 4.98 Å². The van der Waals surface area contributed by atoms with Crippen molar-refractivity contribution in [1.82, 2.24) is 19.6 Å². The molecule has 1 saturated carbocycles. The molecule has 0 atom stereocenters. The van der Waals surface area contributed by atoms with Crippen molar-refractivity contribution in [3.8, 4) is 11.3 Å². The molecule has 4 rings (SSSR count). The van der Waals surface area contributed by atoms with Gasteiger partial charge in [0.2, 0.25) is 0 Å². The molecule has 1 aromatic carbocycles. The molecule has 2 heterocycles. The Bertz CT molecular complexity index is 805. The Balaban J connectivity index is 1.82. The molecule has 0 radical (unpaired) electrons. The maximum Gasteiger partial charge on any atom is 0.254 e. The lowest BCUT2D eigenvalue weighted by Gasteiger charge is -2.35. The van der Waals surface area contributed by atoms with Crippen molar-refractivity contribution in [2.75, 3.05) is 11.4 Å². The second-order valence-electron chi connectivity index (χ2n) is 6.42. The van der Waals surface area contributed by atoms with Gasteiger partial charge in [-0.2, -0.15) is 14.6 Å². The highest BCUT2D eigenvalue weighted by atomic mass is 15.4. The Hall–Kier alpha value is -2.43. The molecule has 3 aromatic rings. The van der Waals surface area contributed by atoms with Crippen LogP contribution < -0.4 is 4.90 Å². The summed E-state index contributed by atoms with van der Waals surface area (Å²) in [5, 5.41) is 4.42. The maximum atomic E-state index is 4.69. The summed E-state index contributed by atoms with van der Waals surface area (Å²) >= 11 is 0. The van der Waals surface area contributed by atoms with Gasteiger partial charge in [0.25, 0.3) is 5.78 Å². The lowest BCUT2D eigenvalue weighted by atomic mass is 9.94. The summed E-state index contributed by atoms with van der Waals surface area (Å²) in [4.78, 5) is 11.5. The van der Waals surface area contributed by atoms with E-state index in [2.05, 4.69) is 40.1 Å². The predicted octanol–water partition coefficient (Wildman–Crippen LogP) is 3.95. The first kappa shape index (κ1) is 15.1. The summed E-state index contributed by atoms with van der Waals surface area (Å²) in [5.74, 6) is 1.77. The van der Waals surface area contributed by atoms with Crippen LogP contribution >= 0.6 is 0 Å². The average molecular weight is 321 g/mol. The van der Waals surface area contributed by atoms with E-state index in [0.717, 1.165) is 23.6 Å². The summed E-state index contributed by atoms with van der Waals surface area (Å²) in [6.45, 7) is 3.19. The van der Waals surface area contributed by atoms with Crippen molar-refractivity contribution in [3.05, 3.63) is 42.7 Å². The van der Waals surface area contributed by atoms with Crippen LogP contribution in [-0.2, 0) is 0 Å². The molecule has 0 bridgehead atoms. The fourth-order valence-corrected chi connectivity index (χ4v) is 3.76. The summed E-state index contributed by atoms with van der Waals surface area (Å²) in [7, 11) is 0. The minimum Gasteiger partial charge on any atom is -0.354 e. The van der Waals surface area contributed by atoms with Gasteiger partial charge >= 0.3 is 0 Å². The summed E-state index contributed by atoms with van der Waals surface area (Å²) in [6, 6.07) is 13.1. The number of hydrogen-bond donors (Lipinski definition) is 0. The molecule has 5 heteroatoms. The SMILES string of the molecule is CCN(c1cc(-c2ccccc2)nc2ncnn12)C1CCCCC1. The van der Waals surface area contributed by atoms with Gasteiger partial charge in [-0.05, 0) is 19.8 Å². The number of rotatable bonds is 4. The van der Waals surface area contributed by atoms with E-state index in [1.165, 1.54) is 32.1 Å². The molecule has 1 aliphatic rings. The Labute approximate surface area is 142 Å². The van der Waals surface area contributed by atoms with Gasteiger partial charge in [0.15, 0.2) is 0 Å². The van der Waals surface area contributed by atoms with Crippen LogP contribution in [0.1, 0.15) is 39.0 Å². The number of aromatic nitrogens is 4. The van der Waals surface area contributed by atoms with E-state index >= 15 is 0 Å². The molecule has 0 aliphatic heterocycles. The Morgan fingerprint density at radius 2 is 1.92 bits per heavy atom. The van der Waals surface area contributed by atoms with Crippen LogP contribution in [0.15, 0.2) is 42.7 Å². The molecule has 0 saturated heterocycles. The van der Waals surface area contributed by atoms with Gasteiger partial charge in [-0.25, -0.2) is 4.98 Å². The molecule has 0 unspecified atom stereocenters. The molecule has 0 spiro atoms. The standard InChI is InChI=1S/C19H23N5/c1-2-23(16-11-7-4-8-12-16)18-13-17(15-9-5-3-6-10-15)22-19-20-14-21-24(18)19/h3,5-6,9-10,13-14,16H,2,4,7-8,11-12H2,1H3. The zero-order chi connectivity index (χ0) is 16.4. The van der Waals surface area contributed by atoms with E-state index in [9.17, 15) is 0 Å². The Morgan fingerprint density at radius 3 is 2.67 bits per heavy atom. The molecule has 24 heavy (non-hydrogen) atoms. The van der Waals surface area contributed by atoms with Gasteiger partial charge in [-0.1, -0.05) is 49.6 Å². The van der Waals surface area contributed by atoms with Gasteiger partial charge in [0.1, 0.15) is 12.1 Å². The second-order valence-corrected chi connectivity index (χ2v) is 6.42. The van der Waals surface area contributed by atoms with Crippen LogP contribution in [-0.4, -0.2) is 32.2 Å². The topological polar surface area (TPSA) is 46.3 Å². The monoisotopic (exact) mass is 321 g/mol. The van der Waals surface area contributed by atoms with E-state index in [1.54, 1.807) is 6.33 Å². The predicted molar refractivity (Wildman–Crippen MR) is 96.1 cm³/mol. The van der Waals surface area contributed by atoms with Crippen molar-refractivity contribution in [3.63, 3.8) is 0 Å². The summed E-state index contributed by atoms with van der Waals surface area (Å²) < 4.78 is 1.88. The van der Waals surface area contributed by atoms with Gasteiger partial charge < -0.3 is 4.90 Å². The molecule has 2 aromatic heterocycles. The Kier molecular flexibility index (Phi) is 4.15. The molecule has 1 fully saturated rings. The van der Waals surface area contributed by atoms with Crippen LogP contribution in [0.5, 0.6) is 0 Å². The van der Waals surface area contributed by atoms with Crippen molar-refractivity contribution in [2.24, 2.45) is 0 Å². The van der Waals surface area contributed by atoms with E-state index < -0.39 is 0 Å². The first-order valence-electron chi connectivity index (χ1n) is 8.89. The number of nitrogens with zero attached hydrogens (tertiary/aromatic N) is 5. The lowest BCUT2D eigenvalue weighted by Crippen LogP contribution is -2.38. The molecule has 124 valence electrons. The Morgan fingerprint density at radius 1 is 1.12 bits per heavy atom. The van der Waals surface area contributed by atoms with Crippen molar-refractivity contribution >= 4 is 11.6 Å². The van der Waals surface area contributed by atoms with Crippen LogP contribution in [0.3, 0.4) is 0 Å². The fourth-order valence-electron chi connectivity index (χ4n) is 3.76. The maximum absolute atomic E-state index is 4.69. The minimum atomic E-state index is 0.585. The van der Waals surface area contributed by atoms with E-state index in [0.29, 0.717) is 11.8 Å². The third-order valence-corrected chi connectivity index (χ3v) is 4.95. The number of hydrogen-bond acceptors (Lipinski definition) is 4. The molecule has 0 N–H and O–H groups in total. The van der Waals surface area contributed by atoms with Crippen LogP contribution in [0.25, 0.3) is 17.0 Å². The molecule has 5 nitrogen and oxygen atoms in total. The van der Waals surface area contributed by atoms with Gasteiger partial charge in [0.05, 0.1) is 5.69 Å². The normalized spacial score (nSPS) is 15.7. The van der Waals surface area contributed by atoms with Crippen LogP contribution in [0.4, 0.5) is 5.82 Å². The zero-order valence-corrected chi connectivity index (χ0v) is 14.1. The number of benzene rings is 1. The first-order valence-corrected chi connectivity index (χ1v) is 8.89. The summed E-state index contributed by atoms with van der Waals surface area (Å²) in [6.07, 6.45) is 8.10. The van der Waals surface area contributed by atoms with Gasteiger partial charge in [-0.3, -0.25) is 0 Å². The van der Waals surface area contributed by atoms with Crippen molar-refractivity contribution in [1.29, 1.82) is 0 Å². The minimum absolute atomic E-state index is 0.585. The van der Waals surface area contributed by atoms with Gasteiger partial charge in [-0.15, -0.1) is 0 Å². The van der Waals surface area contributed by atoms with E-state index in [-0.39, 0.29) is 0 Å². The average Bonchev–Trinajstić information content (AvgIpc) is 3.13. The molecular weight excluding hydrogens is 298 g/mol. The third kappa shape index (κ3) is 2.75. The van der Waals surface area contributed by atoms with Crippen molar-refractivity contribution in [2.45, 2.75) is 45.1 Å². The van der Waals surface area contributed by atoms with Crippen LogP contribution in [0, 0.1) is 0 Å². The molecule has 0 amide bonds. The quantitative estimate of drug-likeness (QED) is 0.730. The molecule has 1 aliphatic carbocycles. The van der Waals surface area contributed by atoms with Gasteiger partial charge in [0, 0.05) is 24.2 Å². The highest BCUT2D eigenvalue weighted by molar-refractivity contribution is 5.65. The highest BCUT2D eigenvalue weighted by Gasteiger charge is 2.23. The third-order valence-electron chi connectivity index (χ3n) is 4.95. The van der Waals surface area contributed by atoms with Crippen molar-refractivity contribution < 1.29 is 0 Å². The smallest absolute Gasteiger partial charge is 0.254 e. The molecular formula is C19H23N5. The second kappa shape index (κ2) is 6.59. The number of anilines is 1. The summed E-state index contributed by atoms with van der Waals surface area (Å²) in [5.41, 5.74) is 2.07. The number of fused-ring (bicyclic) bond motifs is 1. The van der Waals surface area contributed by atoms with Crippen LogP contribution in [0.2, 0.25) is 0 Å². The first-order chi connectivity index (χ1) is 11.9. The lowest BCUT2D eigenvalue weighted by molar-refractivity contribution is 0.415. The van der Waals surface area contributed by atoms with E-state index in [1.807, 2.05) is 22.7 Å². The largest absolute Gasteiger partial charge is 0.354 e. The zero-order valence-electron chi connectivity index (χ0n) is 14.1. The fraction of sp³-hybridized carbons (Fsp3) is 0.421. The highest BCUT2D eigenvalue weighted by Crippen LogP contribution is 2.29.